The van der Waals surface area contributed by atoms with E-state index in [0.717, 1.165) is 11.1 Å². The SMILES string of the molecule is Cc1c(-c2ccc(CN)cc2)cccc1-c1cccc(-c2ccc(CN)cc2)c1C. The maximum absolute atomic E-state index is 5.76. The van der Waals surface area contributed by atoms with E-state index in [-0.39, 0.29) is 0 Å². The lowest BCUT2D eigenvalue weighted by Gasteiger charge is -2.17. The molecule has 0 bridgehead atoms. The highest BCUT2D eigenvalue weighted by Crippen LogP contribution is 2.36. The highest BCUT2D eigenvalue weighted by molar-refractivity contribution is 5.83. The van der Waals surface area contributed by atoms with E-state index in [0.29, 0.717) is 13.1 Å². The van der Waals surface area contributed by atoms with E-state index in [9.17, 15) is 0 Å². The maximum atomic E-state index is 5.76. The predicted octanol–water partition coefficient (Wildman–Crippen LogP) is 6.22. The number of benzene rings is 4. The molecule has 0 unspecified atom stereocenters. The van der Waals surface area contributed by atoms with Crippen molar-refractivity contribution >= 4 is 0 Å². The zero-order valence-corrected chi connectivity index (χ0v) is 17.7. The fourth-order valence-electron chi connectivity index (χ4n) is 4.12. The molecule has 2 heteroatoms. The van der Waals surface area contributed by atoms with Gasteiger partial charge in [0.25, 0.3) is 0 Å². The van der Waals surface area contributed by atoms with Crippen molar-refractivity contribution in [3.8, 4) is 33.4 Å². The zero-order chi connectivity index (χ0) is 21.1. The standard InChI is InChI=1S/C28H28N2/c1-19-25(23-13-9-21(17-29)10-14-23)5-3-7-27(19)28-8-4-6-26(20(28)2)24-15-11-22(18-30)12-16-24/h3-16H,17-18,29-30H2,1-2H3. The first-order chi connectivity index (χ1) is 14.6. The highest BCUT2D eigenvalue weighted by Gasteiger charge is 2.12. The Labute approximate surface area is 179 Å². The second-order valence-corrected chi connectivity index (χ2v) is 7.76. The molecule has 4 aromatic carbocycles. The lowest BCUT2D eigenvalue weighted by molar-refractivity contribution is 1.07. The Morgan fingerprint density at radius 2 is 0.800 bits per heavy atom. The van der Waals surface area contributed by atoms with Gasteiger partial charge in [-0.15, -0.1) is 0 Å². The van der Waals surface area contributed by atoms with Crippen LogP contribution in [0.4, 0.5) is 0 Å². The molecule has 4 aromatic rings. The molecule has 0 spiro atoms. The Kier molecular flexibility index (Phi) is 5.80. The molecule has 0 aliphatic carbocycles. The Morgan fingerprint density at radius 3 is 1.13 bits per heavy atom. The summed E-state index contributed by atoms with van der Waals surface area (Å²) in [6.07, 6.45) is 0. The van der Waals surface area contributed by atoms with Crippen molar-refractivity contribution in [3.63, 3.8) is 0 Å². The lowest BCUT2D eigenvalue weighted by Crippen LogP contribution is -1.96. The Balaban J connectivity index is 1.79. The van der Waals surface area contributed by atoms with Gasteiger partial charge in [-0.3, -0.25) is 0 Å². The minimum Gasteiger partial charge on any atom is -0.326 e. The average Bonchev–Trinajstić information content (AvgIpc) is 2.80. The van der Waals surface area contributed by atoms with Gasteiger partial charge in [-0.1, -0.05) is 84.9 Å². The minimum atomic E-state index is 0.567. The summed E-state index contributed by atoms with van der Waals surface area (Å²) in [5.74, 6) is 0. The third-order valence-corrected chi connectivity index (χ3v) is 5.96. The van der Waals surface area contributed by atoms with Crippen LogP contribution >= 0.6 is 0 Å². The van der Waals surface area contributed by atoms with Crippen LogP contribution in [0, 0.1) is 13.8 Å². The molecule has 0 aliphatic rings. The molecule has 0 aromatic heterocycles. The smallest absolute Gasteiger partial charge is 0.0178 e. The molecule has 2 nitrogen and oxygen atoms in total. The molecule has 0 heterocycles. The van der Waals surface area contributed by atoms with Crippen molar-refractivity contribution in [2.75, 3.05) is 0 Å². The third kappa shape index (κ3) is 3.80. The van der Waals surface area contributed by atoms with Crippen LogP contribution in [0.3, 0.4) is 0 Å². The first-order valence-corrected chi connectivity index (χ1v) is 10.4. The number of hydrogen-bond donors (Lipinski definition) is 2. The van der Waals surface area contributed by atoms with Crippen LogP contribution < -0.4 is 11.5 Å². The van der Waals surface area contributed by atoms with Gasteiger partial charge in [-0.2, -0.15) is 0 Å². The zero-order valence-electron chi connectivity index (χ0n) is 17.7. The molecule has 0 amide bonds. The van der Waals surface area contributed by atoms with Crippen molar-refractivity contribution in [2.24, 2.45) is 11.5 Å². The van der Waals surface area contributed by atoms with Crippen LogP contribution in [0.2, 0.25) is 0 Å². The summed E-state index contributed by atoms with van der Waals surface area (Å²) in [7, 11) is 0. The van der Waals surface area contributed by atoms with Crippen LogP contribution in [0.25, 0.3) is 33.4 Å². The maximum Gasteiger partial charge on any atom is 0.0178 e. The van der Waals surface area contributed by atoms with Crippen LogP contribution in [0.15, 0.2) is 84.9 Å². The molecule has 0 aliphatic heterocycles. The molecule has 0 radical (unpaired) electrons. The van der Waals surface area contributed by atoms with Gasteiger partial charge in [-0.05, 0) is 69.5 Å². The van der Waals surface area contributed by atoms with E-state index in [1.165, 1.54) is 44.5 Å². The topological polar surface area (TPSA) is 52.0 Å². The Bertz CT molecular complexity index is 1060. The van der Waals surface area contributed by atoms with Crippen molar-refractivity contribution in [3.05, 3.63) is 107 Å². The van der Waals surface area contributed by atoms with Gasteiger partial charge >= 0.3 is 0 Å². The summed E-state index contributed by atoms with van der Waals surface area (Å²) >= 11 is 0. The average molecular weight is 393 g/mol. The van der Waals surface area contributed by atoms with Crippen LogP contribution in [0.1, 0.15) is 22.3 Å². The van der Waals surface area contributed by atoms with Gasteiger partial charge in [0.05, 0.1) is 0 Å². The number of hydrogen-bond acceptors (Lipinski definition) is 2. The normalized spacial score (nSPS) is 10.9. The molecule has 0 atom stereocenters. The molecule has 4 rings (SSSR count). The predicted molar refractivity (Wildman–Crippen MR) is 128 cm³/mol. The van der Waals surface area contributed by atoms with Gasteiger partial charge < -0.3 is 11.5 Å². The summed E-state index contributed by atoms with van der Waals surface area (Å²) in [6.45, 7) is 5.56. The van der Waals surface area contributed by atoms with E-state index >= 15 is 0 Å². The summed E-state index contributed by atoms with van der Waals surface area (Å²) in [6, 6.07) is 30.2. The van der Waals surface area contributed by atoms with Crippen LogP contribution in [-0.4, -0.2) is 0 Å². The molecule has 0 saturated carbocycles. The number of nitrogens with two attached hydrogens (primary N) is 2. The molecular formula is C28H28N2. The quantitative estimate of drug-likeness (QED) is 0.423. The van der Waals surface area contributed by atoms with Crippen molar-refractivity contribution in [2.45, 2.75) is 26.9 Å². The molecule has 0 fully saturated rings. The van der Waals surface area contributed by atoms with E-state index in [4.69, 9.17) is 11.5 Å². The van der Waals surface area contributed by atoms with Crippen LogP contribution in [0.5, 0.6) is 0 Å². The van der Waals surface area contributed by atoms with Crippen molar-refractivity contribution in [1.82, 2.24) is 0 Å². The van der Waals surface area contributed by atoms with E-state index in [1.54, 1.807) is 0 Å². The molecule has 30 heavy (non-hydrogen) atoms. The van der Waals surface area contributed by atoms with E-state index in [2.05, 4.69) is 98.8 Å². The second-order valence-electron chi connectivity index (χ2n) is 7.76. The fraction of sp³-hybridized carbons (Fsp3) is 0.143. The summed E-state index contributed by atoms with van der Waals surface area (Å²) in [5, 5.41) is 0. The highest BCUT2D eigenvalue weighted by atomic mass is 14.5. The molecule has 150 valence electrons. The second kappa shape index (κ2) is 8.66. The van der Waals surface area contributed by atoms with E-state index < -0.39 is 0 Å². The van der Waals surface area contributed by atoms with Gasteiger partial charge in [0.15, 0.2) is 0 Å². The largest absolute Gasteiger partial charge is 0.326 e. The first kappa shape index (κ1) is 20.1. The number of rotatable bonds is 5. The molecular weight excluding hydrogens is 364 g/mol. The summed E-state index contributed by atoms with van der Waals surface area (Å²) in [5.41, 5.74) is 23.9. The third-order valence-electron chi connectivity index (χ3n) is 5.96. The summed E-state index contributed by atoms with van der Waals surface area (Å²) < 4.78 is 0. The van der Waals surface area contributed by atoms with Gasteiger partial charge in [0.2, 0.25) is 0 Å². The first-order valence-electron chi connectivity index (χ1n) is 10.4. The van der Waals surface area contributed by atoms with Crippen molar-refractivity contribution < 1.29 is 0 Å². The fourth-order valence-corrected chi connectivity index (χ4v) is 4.12. The minimum absolute atomic E-state index is 0.567. The Morgan fingerprint density at radius 1 is 0.467 bits per heavy atom. The lowest BCUT2D eigenvalue weighted by atomic mass is 9.88. The van der Waals surface area contributed by atoms with Gasteiger partial charge in [-0.25, -0.2) is 0 Å². The monoisotopic (exact) mass is 392 g/mol. The van der Waals surface area contributed by atoms with Crippen molar-refractivity contribution in [1.29, 1.82) is 0 Å². The summed E-state index contributed by atoms with van der Waals surface area (Å²) in [4.78, 5) is 0. The van der Waals surface area contributed by atoms with Crippen LogP contribution in [-0.2, 0) is 13.1 Å². The molecule has 0 saturated heterocycles. The van der Waals surface area contributed by atoms with E-state index in [1.807, 2.05) is 0 Å². The Hall–Kier alpha value is -3.20. The van der Waals surface area contributed by atoms with Gasteiger partial charge in [0, 0.05) is 13.1 Å². The van der Waals surface area contributed by atoms with Gasteiger partial charge in [0.1, 0.15) is 0 Å². The molecule has 4 N–H and O–H groups in total.